The minimum Gasteiger partial charge on any atom is -0.360 e. The zero-order valence-corrected chi connectivity index (χ0v) is 9.93. The molecule has 0 saturated carbocycles. The van der Waals surface area contributed by atoms with Gasteiger partial charge in [-0.15, -0.1) is 6.58 Å². The minimum absolute atomic E-state index is 0.0884. The van der Waals surface area contributed by atoms with E-state index in [1.165, 1.54) is 11.1 Å². The van der Waals surface area contributed by atoms with Crippen molar-refractivity contribution in [3.63, 3.8) is 0 Å². The molecule has 0 saturated heterocycles. The van der Waals surface area contributed by atoms with Crippen molar-refractivity contribution in [1.29, 1.82) is 0 Å². The van der Waals surface area contributed by atoms with E-state index in [2.05, 4.69) is 48.1 Å². The van der Waals surface area contributed by atoms with Crippen LogP contribution in [-0.2, 0) is 0 Å². The molecule has 0 amide bonds. The number of nitrogens with zero attached hydrogens (tertiary/aromatic N) is 1. The fourth-order valence-corrected chi connectivity index (χ4v) is 1.66. The molecular weight excluding hydrogens is 208 g/mol. The predicted molar refractivity (Wildman–Crippen MR) is 72.0 cm³/mol. The number of nitrogens with one attached hydrogen (secondary N) is 1. The number of rotatable bonds is 4. The maximum atomic E-state index is 4.25. The summed E-state index contributed by atoms with van der Waals surface area (Å²) in [6, 6.07) is 14.3. The molecule has 1 unspecified atom stereocenters. The lowest BCUT2D eigenvalue weighted by atomic mass is 10.1. The molecule has 1 heterocycles. The molecule has 1 aromatic carbocycles. The largest absolute Gasteiger partial charge is 0.360 e. The van der Waals surface area contributed by atoms with E-state index >= 15 is 0 Å². The molecule has 1 N–H and O–H groups in total. The van der Waals surface area contributed by atoms with Gasteiger partial charge in [-0.05, 0) is 24.6 Å². The van der Waals surface area contributed by atoms with Crippen LogP contribution >= 0.6 is 0 Å². The van der Waals surface area contributed by atoms with Crippen molar-refractivity contribution >= 4 is 5.82 Å². The Morgan fingerprint density at radius 3 is 2.53 bits per heavy atom. The number of aryl methyl sites for hydroxylation is 1. The van der Waals surface area contributed by atoms with Crippen LogP contribution in [0.1, 0.15) is 17.2 Å². The molecule has 2 aromatic rings. The van der Waals surface area contributed by atoms with E-state index in [-0.39, 0.29) is 6.04 Å². The highest BCUT2D eigenvalue weighted by molar-refractivity contribution is 5.40. The SMILES string of the molecule is C=CC(Nc1ccccn1)c1ccc(C)cc1. The third-order valence-corrected chi connectivity index (χ3v) is 2.64. The second-order valence-corrected chi connectivity index (χ2v) is 3.98. The van der Waals surface area contributed by atoms with E-state index in [0.29, 0.717) is 0 Å². The van der Waals surface area contributed by atoms with Gasteiger partial charge in [0.2, 0.25) is 0 Å². The second kappa shape index (κ2) is 5.30. The van der Waals surface area contributed by atoms with Crippen LogP contribution in [0.15, 0.2) is 61.3 Å². The van der Waals surface area contributed by atoms with Gasteiger partial charge in [-0.3, -0.25) is 0 Å². The molecule has 0 aliphatic rings. The smallest absolute Gasteiger partial charge is 0.126 e. The second-order valence-electron chi connectivity index (χ2n) is 3.98. The molecule has 1 atom stereocenters. The molecular formula is C15H16N2. The first-order valence-corrected chi connectivity index (χ1v) is 5.66. The Morgan fingerprint density at radius 1 is 1.18 bits per heavy atom. The van der Waals surface area contributed by atoms with Crippen molar-refractivity contribution in [3.05, 3.63) is 72.4 Å². The molecule has 1 aromatic heterocycles. The van der Waals surface area contributed by atoms with Crippen molar-refractivity contribution in [3.8, 4) is 0 Å². The monoisotopic (exact) mass is 224 g/mol. The zero-order chi connectivity index (χ0) is 12.1. The maximum absolute atomic E-state index is 4.25. The van der Waals surface area contributed by atoms with Crippen LogP contribution in [-0.4, -0.2) is 4.98 Å². The molecule has 0 fully saturated rings. The summed E-state index contributed by atoms with van der Waals surface area (Å²) < 4.78 is 0. The molecule has 2 nitrogen and oxygen atoms in total. The first kappa shape index (κ1) is 11.4. The summed E-state index contributed by atoms with van der Waals surface area (Å²) >= 11 is 0. The average molecular weight is 224 g/mol. The highest BCUT2D eigenvalue weighted by Gasteiger charge is 2.06. The Morgan fingerprint density at radius 2 is 1.94 bits per heavy atom. The van der Waals surface area contributed by atoms with Gasteiger partial charge in [0.05, 0.1) is 6.04 Å². The van der Waals surface area contributed by atoms with Crippen LogP contribution < -0.4 is 5.32 Å². The first-order chi connectivity index (χ1) is 8.29. The molecule has 2 heteroatoms. The van der Waals surface area contributed by atoms with E-state index in [4.69, 9.17) is 0 Å². The van der Waals surface area contributed by atoms with Crippen LogP contribution in [0, 0.1) is 6.92 Å². The van der Waals surface area contributed by atoms with Gasteiger partial charge in [0.25, 0.3) is 0 Å². The van der Waals surface area contributed by atoms with Crippen LogP contribution in [0.25, 0.3) is 0 Å². The van der Waals surface area contributed by atoms with Gasteiger partial charge < -0.3 is 5.32 Å². The van der Waals surface area contributed by atoms with E-state index in [1.807, 2.05) is 24.3 Å². The summed E-state index contributed by atoms with van der Waals surface area (Å²) in [6.45, 7) is 5.95. The van der Waals surface area contributed by atoms with Crippen LogP contribution in [0.5, 0.6) is 0 Å². The lowest BCUT2D eigenvalue weighted by Crippen LogP contribution is -2.08. The van der Waals surface area contributed by atoms with Gasteiger partial charge in [0, 0.05) is 6.20 Å². The highest BCUT2D eigenvalue weighted by atomic mass is 15.0. The minimum atomic E-state index is 0.0884. The van der Waals surface area contributed by atoms with Gasteiger partial charge in [-0.2, -0.15) is 0 Å². The van der Waals surface area contributed by atoms with Crippen LogP contribution in [0.4, 0.5) is 5.82 Å². The van der Waals surface area contributed by atoms with E-state index < -0.39 is 0 Å². The highest BCUT2D eigenvalue weighted by Crippen LogP contribution is 2.19. The van der Waals surface area contributed by atoms with Gasteiger partial charge in [0.1, 0.15) is 5.82 Å². The predicted octanol–water partition coefficient (Wildman–Crippen LogP) is 3.73. The molecule has 0 aliphatic heterocycles. The average Bonchev–Trinajstić information content (AvgIpc) is 2.38. The molecule has 17 heavy (non-hydrogen) atoms. The number of benzene rings is 1. The zero-order valence-electron chi connectivity index (χ0n) is 9.93. The van der Waals surface area contributed by atoms with Crippen LogP contribution in [0.3, 0.4) is 0 Å². The summed E-state index contributed by atoms with van der Waals surface area (Å²) in [7, 11) is 0. The standard InChI is InChI=1S/C15H16N2/c1-3-14(13-9-7-12(2)8-10-13)17-15-6-4-5-11-16-15/h3-11,14H,1H2,2H3,(H,16,17). The third-order valence-electron chi connectivity index (χ3n) is 2.64. The first-order valence-electron chi connectivity index (χ1n) is 5.66. The Labute approximate surface area is 102 Å². The number of pyridine rings is 1. The van der Waals surface area contributed by atoms with Gasteiger partial charge in [0.15, 0.2) is 0 Å². The fourth-order valence-electron chi connectivity index (χ4n) is 1.66. The van der Waals surface area contributed by atoms with E-state index in [0.717, 1.165) is 5.82 Å². The molecule has 0 spiro atoms. The molecule has 0 radical (unpaired) electrons. The van der Waals surface area contributed by atoms with Gasteiger partial charge >= 0.3 is 0 Å². The van der Waals surface area contributed by atoms with Crippen LogP contribution in [0.2, 0.25) is 0 Å². The normalized spacial score (nSPS) is 11.8. The summed E-state index contributed by atoms with van der Waals surface area (Å²) in [4.78, 5) is 4.25. The third kappa shape index (κ3) is 2.94. The lowest BCUT2D eigenvalue weighted by molar-refractivity contribution is 0.970. The summed E-state index contributed by atoms with van der Waals surface area (Å²) in [6.07, 6.45) is 3.66. The topological polar surface area (TPSA) is 24.9 Å². The quantitative estimate of drug-likeness (QED) is 0.800. The van der Waals surface area contributed by atoms with Crippen molar-refractivity contribution in [2.24, 2.45) is 0 Å². The molecule has 0 bridgehead atoms. The Hall–Kier alpha value is -2.09. The Kier molecular flexibility index (Phi) is 3.55. The van der Waals surface area contributed by atoms with Gasteiger partial charge in [-0.25, -0.2) is 4.98 Å². The van der Waals surface area contributed by atoms with E-state index in [9.17, 15) is 0 Å². The fraction of sp³-hybridized carbons (Fsp3) is 0.133. The van der Waals surface area contributed by atoms with Crippen molar-refractivity contribution in [2.45, 2.75) is 13.0 Å². The summed E-state index contributed by atoms with van der Waals surface area (Å²) in [5, 5.41) is 3.34. The van der Waals surface area contributed by atoms with Gasteiger partial charge in [-0.1, -0.05) is 42.0 Å². The van der Waals surface area contributed by atoms with E-state index in [1.54, 1.807) is 6.20 Å². The lowest BCUT2D eigenvalue weighted by Gasteiger charge is -2.15. The number of aromatic nitrogens is 1. The Balaban J connectivity index is 2.17. The molecule has 0 aliphatic carbocycles. The van der Waals surface area contributed by atoms with Crippen molar-refractivity contribution < 1.29 is 0 Å². The molecule has 2 rings (SSSR count). The summed E-state index contributed by atoms with van der Waals surface area (Å²) in [5.41, 5.74) is 2.45. The van der Waals surface area contributed by atoms with Crippen molar-refractivity contribution in [1.82, 2.24) is 4.98 Å². The maximum Gasteiger partial charge on any atom is 0.126 e. The summed E-state index contributed by atoms with van der Waals surface area (Å²) in [5.74, 6) is 0.859. The number of anilines is 1. The number of hydrogen-bond donors (Lipinski definition) is 1. The number of hydrogen-bond acceptors (Lipinski definition) is 2. The van der Waals surface area contributed by atoms with Crippen molar-refractivity contribution in [2.75, 3.05) is 5.32 Å². The Bertz CT molecular complexity index is 474. The molecule has 86 valence electrons.